The van der Waals surface area contributed by atoms with Gasteiger partial charge < -0.3 is 9.47 Å². The van der Waals surface area contributed by atoms with Crippen molar-refractivity contribution in [1.29, 1.82) is 0 Å². The molecule has 1 fully saturated rings. The van der Waals surface area contributed by atoms with Crippen molar-refractivity contribution in [3.63, 3.8) is 0 Å². The average molecular weight is 228 g/mol. The summed E-state index contributed by atoms with van der Waals surface area (Å²) in [5, 5.41) is 0. The summed E-state index contributed by atoms with van der Waals surface area (Å²) in [5.74, 6) is 2.13. The molecule has 0 aliphatic heterocycles. The maximum atomic E-state index is 11.0. The first-order valence-electron chi connectivity index (χ1n) is 6.29. The van der Waals surface area contributed by atoms with Gasteiger partial charge in [-0.1, -0.05) is 13.8 Å². The van der Waals surface area contributed by atoms with Crippen molar-refractivity contribution in [2.75, 3.05) is 7.11 Å². The van der Waals surface area contributed by atoms with E-state index in [0.717, 1.165) is 11.8 Å². The highest BCUT2D eigenvalue weighted by molar-refractivity contribution is 5.59. The fraction of sp³-hybridized carbons (Fsp3) is 0.923. The first kappa shape index (κ1) is 13.3. The van der Waals surface area contributed by atoms with Crippen LogP contribution < -0.4 is 0 Å². The van der Waals surface area contributed by atoms with Crippen molar-refractivity contribution in [3.8, 4) is 0 Å². The number of carbonyl (C=O) groups excluding carboxylic acids is 1. The van der Waals surface area contributed by atoms with E-state index in [2.05, 4.69) is 18.6 Å². The van der Waals surface area contributed by atoms with Crippen LogP contribution in [0.25, 0.3) is 0 Å². The average Bonchev–Trinajstić information content (AvgIpc) is 2.28. The maximum Gasteiger partial charge on any atom is 0.508 e. The summed E-state index contributed by atoms with van der Waals surface area (Å²) in [5.41, 5.74) is 0. The lowest BCUT2D eigenvalue weighted by atomic mass is 9.75. The molecule has 1 unspecified atom stereocenters. The molecule has 1 atom stereocenters. The highest BCUT2D eigenvalue weighted by Gasteiger charge is 2.28. The lowest BCUT2D eigenvalue weighted by molar-refractivity contribution is 0.00783. The predicted octanol–water partition coefficient (Wildman–Crippen LogP) is 3.62. The third kappa shape index (κ3) is 3.69. The van der Waals surface area contributed by atoms with E-state index in [0.29, 0.717) is 5.92 Å². The quantitative estimate of drug-likeness (QED) is 0.692. The van der Waals surface area contributed by atoms with E-state index in [1.54, 1.807) is 0 Å². The van der Waals surface area contributed by atoms with Crippen LogP contribution in [0, 0.1) is 17.8 Å². The maximum absolute atomic E-state index is 11.0. The van der Waals surface area contributed by atoms with Crippen LogP contribution in [-0.2, 0) is 9.47 Å². The van der Waals surface area contributed by atoms with Crippen LogP contribution >= 0.6 is 0 Å². The number of ether oxygens (including phenoxy) is 2. The highest BCUT2D eigenvalue weighted by Crippen LogP contribution is 2.35. The van der Waals surface area contributed by atoms with Crippen molar-refractivity contribution in [2.45, 2.75) is 52.6 Å². The molecule has 0 saturated heterocycles. The van der Waals surface area contributed by atoms with Crippen molar-refractivity contribution in [3.05, 3.63) is 0 Å². The van der Waals surface area contributed by atoms with E-state index < -0.39 is 6.16 Å². The Morgan fingerprint density at radius 3 is 2.00 bits per heavy atom. The fourth-order valence-corrected chi connectivity index (χ4v) is 2.58. The Morgan fingerprint density at radius 2 is 1.56 bits per heavy atom. The van der Waals surface area contributed by atoms with Gasteiger partial charge in [0.1, 0.15) is 6.10 Å². The molecule has 94 valence electrons. The number of hydrogen-bond donors (Lipinski definition) is 0. The van der Waals surface area contributed by atoms with Crippen molar-refractivity contribution >= 4 is 6.16 Å². The minimum absolute atomic E-state index is 0.0134. The number of hydrogen-bond acceptors (Lipinski definition) is 3. The highest BCUT2D eigenvalue weighted by atomic mass is 16.7. The Balaban J connectivity index is 2.32. The van der Waals surface area contributed by atoms with Gasteiger partial charge in [0.05, 0.1) is 7.11 Å². The van der Waals surface area contributed by atoms with Crippen LogP contribution in [0.4, 0.5) is 4.79 Å². The molecule has 0 aromatic carbocycles. The van der Waals surface area contributed by atoms with Crippen LogP contribution in [0.1, 0.15) is 46.5 Å². The molecule has 3 nitrogen and oxygen atoms in total. The third-order valence-corrected chi connectivity index (χ3v) is 3.87. The first-order chi connectivity index (χ1) is 7.54. The normalized spacial score (nSPS) is 27.6. The molecule has 0 radical (unpaired) electrons. The van der Waals surface area contributed by atoms with E-state index in [1.165, 1.54) is 32.8 Å². The molecule has 3 heteroatoms. The second-order valence-electron chi connectivity index (χ2n) is 5.20. The van der Waals surface area contributed by atoms with Gasteiger partial charge in [-0.15, -0.1) is 0 Å². The lowest BCUT2D eigenvalue weighted by Gasteiger charge is -2.33. The third-order valence-electron chi connectivity index (χ3n) is 3.87. The van der Waals surface area contributed by atoms with Crippen LogP contribution in [0.2, 0.25) is 0 Å². The number of rotatable bonds is 3. The standard InChI is InChI=1S/C13H24O3/c1-9(2)11-5-7-12(8-6-11)10(3)16-13(14)15-4/h9-12H,5-8H2,1-4H3. The molecule has 0 heterocycles. The van der Waals surface area contributed by atoms with Crippen molar-refractivity contribution in [1.82, 2.24) is 0 Å². The molecule has 1 saturated carbocycles. The Kier molecular flexibility index (Phi) is 5.10. The summed E-state index contributed by atoms with van der Waals surface area (Å²) >= 11 is 0. The van der Waals surface area contributed by atoms with E-state index in [1.807, 2.05) is 6.92 Å². The van der Waals surface area contributed by atoms with E-state index in [-0.39, 0.29) is 6.10 Å². The molecule has 16 heavy (non-hydrogen) atoms. The summed E-state index contributed by atoms with van der Waals surface area (Å²) < 4.78 is 9.68. The zero-order valence-electron chi connectivity index (χ0n) is 10.9. The van der Waals surface area contributed by atoms with Gasteiger partial charge in [-0.2, -0.15) is 0 Å². The van der Waals surface area contributed by atoms with Gasteiger partial charge in [0.15, 0.2) is 0 Å². The summed E-state index contributed by atoms with van der Waals surface area (Å²) in [4.78, 5) is 11.0. The van der Waals surface area contributed by atoms with Gasteiger partial charge in [0.25, 0.3) is 0 Å². The molecule has 0 aromatic rings. The zero-order valence-corrected chi connectivity index (χ0v) is 10.9. The fourth-order valence-electron chi connectivity index (χ4n) is 2.58. The molecule has 0 spiro atoms. The molecule has 0 aromatic heterocycles. The number of carbonyl (C=O) groups is 1. The van der Waals surface area contributed by atoms with Crippen LogP contribution in [0.5, 0.6) is 0 Å². The van der Waals surface area contributed by atoms with Gasteiger partial charge in [-0.3, -0.25) is 0 Å². The Morgan fingerprint density at radius 1 is 1.06 bits per heavy atom. The monoisotopic (exact) mass is 228 g/mol. The SMILES string of the molecule is COC(=O)OC(C)C1CCC(C(C)C)CC1. The van der Waals surface area contributed by atoms with E-state index in [9.17, 15) is 4.79 Å². The lowest BCUT2D eigenvalue weighted by Crippen LogP contribution is -2.29. The Bertz CT molecular complexity index is 217. The van der Waals surface area contributed by atoms with Crippen LogP contribution in [0.3, 0.4) is 0 Å². The zero-order chi connectivity index (χ0) is 12.1. The molecular formula is C13H24O3. The predicted molar refractivity (Wildman–Crippen MR) is 63.2 cm³/mol. The van der Waals surface area contributed by atoms with E-state index >= 15 is 0 Å². The molecular weight excluding hydrogens is 204 g/mol. The molecule has 1 aliphatic carbocycles. The van der Waals surface area contributed by atoms with E-state index in [4.69, 9.17) is 4.74 Å². The summed E-state index contributed by atoms with van der Waals surface area (Å²) in [6, 6.07) is 0. The molecule has 1 aliphatic rings. The summed E-state index contributed by atoms with van der Waals surface area (Å²) in [6.45, 7) is 6.55. The second kappa shape index (κ2) is 6.12. The molecule has 1 rings (SSSR count). The van der Waals surface area contributed by atoms with Crippen LogP contribution in [0.15, 0.2) is 0 Å². The molecule has 0 amide bonds. The van der Waals surface area contributed by atoms with Gasteiger partial charge in [-0.25, -0.2) is 4.79 Å². The van der Waals surface area contributed by atoms with Gasteiger partial charge in [-0.05, 0) is 50.4 Å². The smallest absolute Gasteiger partial charge is 0.438 e. The van der Waals surface area contributed by atoms with Crippen LogP contribution in [-0.4, -0.2) is 19.4 Å². The summed E-state index contributed by atoms with van der Waals surface area (Å²) in [7, 11) is 1.35. The second-order valence-corrected chi connectivity index (χ2v) is 5.20. The van der Waals surface area contributed by atoms with Gasteiger partial charge >= 0.3 is 6.16 Å². The van der Waals surface area contributed by atoms with Crippen molar-refractivity contribution in [2.24, 2.45) is 17.8 Å². The summed E-state index contributed by atoms with van der Waals surface area (Å²) in [6.07, 6.45) is 4.29. The molecule has 0 bridgehead atoms. The Hall–Kier alpha value is -0.730. The topological polar surface area (TPSA) is 35.5 Å². The van der Waals surface area contributed by atoms with Gasteiger partial charge in [0, 0.05) is 0 Å². The number of methoxy groups -OCH3 is 1. The van der Waals surface area contributed by atoms with Gasteiger partial charge in [0.2, 0.25) is 0 Å². The molecule has 0 N–H and O–H groups in total. The minimum atomic E-state index is -0.557. The largest absolute Gasteiger partial charge is 0.508 e. The van der Waals surface area contributed by atoms with Crippen molar-refractivity contribution < 1.29 is 14.3 Å². The Labute approximate surface area is 98.5 Å². The minimum Gasteiger partial charge on any atom is -0.438 e. The first-order valence-corrected chi connectivity index (χ1v) is 6.29.